The van der Waals surface area contributed by atoms with Crippen LogP contribution < -0.4 is 9.80 Å². The Labute approximate surface area is 376 Å². The fourth-order valence-electron chi connectivity index (χ4n) is 9.59. The van der Waals surface area contributed by atoms with Crippen LogP contribution in [0.25, 0.3) is 55.3 Å². The lowest BCUT2D eigenvalue weighted by Gasteiger charge is -2.39. The van der Waals surface area contributed by atoms with Gasteiger partial charge in [-0.3, -0.25) is 0 Å². The molecule has 2 heteroatoms. The summed E-state index contributed by atoms with van der Waals surface area (Å²) in [5.74, 6) is 0.247. The van der Waals surface area contributed by atoms with Gasteiger partial charge in [-0.2, -0.15) is 0 Å². The lowest BCUT2D eigenvalue weighted by atomic mass is 9.83. The summed E-state index contributed by atoms with van der Waals surface area (Å²) in [7, 11) is 0. The number of fused-ring (bicyclic) bond motifs is 2. The Morgan fingerprint density at radius 2 is 0.875 bits per heavy atom. The molecule has 2 atom stereocenters. The highest BCUT2D eigenvalue weighted by Gasteiger charge is 2.30. The van der Waals surface area contributed by atoms with E-state index in [0.717, 1.165) is 22.7 Å². The molecule has 2 aliphatic rings. The van der Waals surface area contributed by atoms with Crippen molar-refractivity contribution in [3.63, 3.8) is 0 Å². The highest BCUT2D eigenvalue weighted by molar-refractivity contribution is 6.00. The van der Waals surface area contributed by atoms with Crippen LogP contribution in [0.3, 0.4) is 0 Å². The molecule has 0 N–H and O–H groups in total. The fraction of sp³-hybridized carbons (Fsp3) is 0.0323. The zero-order chi connectivity index (χ0) is 42.7. The first-order valence-corrected chi connectivity index (χ1v) is 22.2. The van der Waals surface area contributed by atoms with Gasteiger partial charge in [-0.1, -0.05) is 212 Å². The molecule has 2 aliphatic carbocycles. The van der Waals surface area contributed by atoms with Gasteiger partial charge in [0, 0.05) is 34.1 Å². The molecule has 0 fully saturated rings. The van der Waals surface area contributed by atoms with Crippen LogP contribution in [0.4, 0.5) is 28.4 Å². The fourth-order valence-corrected chi connectivity index (χ4v) is 9.59. The molecule has 0 aromatic heterocycles. The second-order valence-electron chi connectivity index (χ2n) is 16.5. The smallest absolute Gasteiger partial charge is 0.0628 e. The SMILES string of the molecule is C1=CC2=CC=CC(N(c3ccccc3)c3ccc(-c4ccc(-c5ccc(N(c6ccccc6)c6cccc7ccccc67)cc5-c5ccccc5)cc4)c(-c4ccccc4)c3)C2C=C1. The van der Waals surface area contributed by atoms with Crippen LogP contribution in [-0.2, 0) is 0 Å². The van der Waals surface area contributed by atoms with E-state index >= 15 is 0 Å². The maximum atomic E-state index is 2.50. The van der Waals surface area contributed by atoms with Crippen LogP contribution >= 0.6 is 0 Å². The van der Waals surface area contributed by atoms with Crippen molar-refractivity contribution >= 4 is 39.2 Å². The van der Waals surface area contributed by atoms with Crippen molar-refractivity contribution in [2.75, 3.05) is 9.80 Å². The van der Waals surface area contributed by atoms with Gasteiger partial charge in [-0.05, 0) is 110 Å². The molecular weight excluding hydrogens is 773 g/mol. The molecule has 304 valence electrons. The van der Waals surface area contributed by atoms with Crippen LogP contribution in [0.2, 0.25) is 0 Å². The molecule has 0 heterocycles. The standard InChI is InChI=1S/C62H46N2/c1-5-19-47(20-6-1)59-43-53(63(51-27-9-3-10-28-51)61-33-17-25-45-23-13-15-31-57(45)61)39-41-55(59)49-35-37-50(38-36-49)56-42-40-54(44-60(56)48-21-7-2-8-22-48)64(52-29-11-4-12-30-52)62-34-18-26-46-24-14-16-32-58(46)62/h1-44,57,61H. The minimum atomic E-state index is 0.120. The molecular formula is C62H46N2. The molecule has 2 nitrogen and oxygen atoms in total. The maximum absolute atomic E-state index is 2.50. The zero-order valence-electron chi connectivity index (χ0n) is 35.5. The quantitative estimate of drug-likeness (QED) is 0.136. The van der Waals surface area contributed by atoms with Gasteiger partial charge in [0.2, 0.25) is 0 Å². The van der Waals surface area contributed by atoms with Crippen molar-refractivity contribution in [3.05, 3.63) is 273 Å². The summed E-state index contributed by atoms with van der Waals surface area (Å²) in [6.45, 7) is 0. The van der Waals surface area contributed by atoms with Crippen LogP contribution in [0, 0.1) is 5.92 Å². The summed E-state index contributed by atoms with van der Waals surface area (Å²) < 4.78 is 0. The van der Waals surface area contributed by atoms with E-state index in [1.165, 1.54) is 66.5 Å². The second-order valence-corrected chi connectivity index (χ2v) is 16.5. The topological polar surface area (TPSA) is 6.48 Å². The molecule has 0 spiro atoms. The Kier molecular flexibility index (Phi) is 10.5. The predicted molar refractivity (Wildman–Crippen MR) is 272 cm³/mol. The minimum absolute atomic E-state index is 0.120. The Balaban J connectivity index is 1.01. The third-order valence-corrected chi connectivity index (χ3v) is 12.6. The van der Waals surface area contributed by atoms with Crippen molar-refractivity contribution in [2.24, 2.45) is 5.92 Å². The molecule has 64 heavy (non-hydrogen) atoms. The van der Waals surface area contributed by atoms with Gasteiger partial charge in [-0.15, -0.1) is 0 Å². The predicted octanol–water partition coefficient (Wildman–Crippen LogP) is 16.7. The average Bonchev–Trinajstić information content (AvgIpc) is 3.38. The first-order chi connectivity index (χ1) is 31.8. The summed E-state index contributed by atoms with van der Waals surface area (Å²) >= 11 is 0. The van der Waals surface area contributed by atoms with Gasteiger partial charge in [0.15, 0.2) is 0 Å². The summed E-state index contributed by atoms with van der Waals surface area (Å²) in [5, 5.41) is 2.42. The van der Waals surface area contributed by atoms with E-state index in [4.69, 9.17) is 0 Å². The van der Waals surface area contributed by atoms with Gasteiger partial charge >= 0.3 is 0 Å². The summed E-state index contributed by atoms with van der Waals surface area (Å²) in [6, 6.07) is 81.6. The van der Waals surface area contributed by atoms with Crippen molar-refractivity contribution in [2.45, 2.75) is 6.04 Å². The molecule has 0 aliphatic heterocycles. The Bertz CT molecular complexity index is 3190. The molecule has 0 amide bonds. The average molecular weight is 819 g/mol. The van der Waals surface area contributed by atoms with Gasteiger partial charge < -0.3 is 9.80 Å². The van der Waals surface area contributed by atoms with Crippen LogP contribution in [0.1, 0.15) is 0 Å². The molecule has 9 aromatic carbocycles. The Hall–Kier alpha value is -8.20. The largest absolute Gasteiger partial charge is 0.334 e. The normalized spacial score (nSPS) is 15.1. The van der Waals surface area contributed by atoms with E-state index in [-0.39, 0.29) is 12.0 Å². The van der Waals surface area contributed by atoms with Gasteiger partial charge in [-0.25, -0.2) is 0 Å². The van der Waals surface area contributed by atoms with E-state index in [1.54, 1.807) is 0 Å². The van der Waals surface area contributed by atoms with E-state index < -0.39 is 0 Å². The van der Waals surface area contributed by atoms with E-state index in [2.05, 4.69) is 277 Å². The first-order valence-electron chi connectivity index (χ1n) is 22.2. The van der Waals surface area contributed by atoms with Crippen LogP contribution in [0.15, 0.2) is 273 Å². The molecule has 11 rings (SSSR count). The lowest BCUT2D eigenvalue weighted by molar-refractivity contribution is 0.640. The summed E-state index contributed by atoms with van der Waals surface area (Å²) in [4.78, 5) is 4.89. The van der Waals surface area contributed by atoms with E-state index in [9.17, 15) is 0 Å². The summed E-state index contributed by atoms with van der Waals surface area (Å²) in [6.07, 6.45) is 15.7. The van der Waals surface area contributed by atoms with E-state index in [1.807, 2.05) is 0 Å². The highest BCUT2D eigenvalue weighted by atomic mass is 15.2. The number of nitrogens with zero attached hydrogens (tertiary/aromatic N) is 2. The number of para-hydroxylation sites is 2. The molecule has 0 saturated heterocycles. The van der Waals surface area contributed by atoms with Crippen molar-refractivity contribution in [3.8, 4) is 44.5 Å². The van der Waals surface area contributed by atoms with E-state index in [0.29, 0.717) is 0 Å². The third-order valence-electron chi connectivity index (χ3n) is 12.6. The molecule has 0 bridgehead atoms. The number of hydrogen-bond acceptors (Lipinski definition) is 2. The molecule has 0 radical (unpaired) electrons. The molecule has 0 saturated carbocycles. The van der Waals surface area contributed by atoms with Crippen LogP contribution in [-0.4, -0.2) is 6.04 Å². The Morgan fingerprint density at radius 1 is 0.344 bits per heavy atom. The van der Waals surface area contributed by atoms with Crippen LogP contribution in [0.5, 0.6) is 0 Å². The summed E-state index contributed by atoms with van der Waals surface area (Å²) in [5.41, 5.74) is 16.5. The van der Waals surface area contributed by atoms with Crippen molar-refractivity contribution < 1.29 is 0 Å². The monoisotopic (exact) mass is 818 g/mol. The highest BCUT2D eigenvalue weighted by Crippen LogP contribution is 2.45. The number of rotatable bonds is 10. The maximum Gasteiger partial charge on any atom is 0.0628 e. The minimum Gasteiger partial charge on any atom is -0.334 e. The number of anilines is 5. The zero-order valence-corrected chi connectivity index (χ0v) is 35.5. The Morgan fingerprint density at radius 3 is 1.53 bits per heavy atom. The number of benzene rings is 9. The molecule has 9 aromatic rings. The molecule has 2 unspecified atom stereocenters. The van der Waals surface area contributed by atoms with Gasteiger partial charge in [0.1, 0.15) is 0 Å². The number of hydrogen-bond donors (Lipinski definition) is 0. The van der Waals surface area contributed by atoms with Crippen molar-refractivity contribution in [1.82, 2.24) is 0 Å². The first kappa shape index (κ1) is 38.7. The van der Waals surface area contributed by atoms with Gasteiger partial charge in [0.05, 0.1) is 11.7 Å². The van der Waals surface area contributed by atoms with Gasteiger partial charge in [0.25, 0.3) is 0 Å². The number of allylic oxidation sites excluding steroid dienone is 5. The second kappa shape index (κ2) is 17.3. The third kappa shape index (κ3) is 7.46. The van der Waals surface area contributed by atoms with Crippen molar-refractivity contribution in [1.29, 1.82) is 0 Å². The lowest BCUT2D eigenvalue weighted by Crippen LogP contribution is -2.37.